The van der Waals surface area contributed by atoms with E-state index >= 15 is 0 Å². The minimum Gasteiger partial charge on any atom is -0.480 e. The number of carbonyl (C=O) groups is 2. The quantitative estimate of drug-likeness (QED) is 0.637. The van der Waals surface area contributed by atoms with Gasteiger partial charge in [-0.2, -0.15) is 0 Å². The first-order valence-corrected chi connectivity index (χ1v) is 9.30. The summed E-state index contributed by atoms with van der Waals surface area (Å²) in [5.41, 5.74) is 0.164. The normalized spacial score (nSPS) is 15.3. The molecule has 1 aromatic carbocycles. The molecule has 150 valence electrons. The molecule has 0 saturated heterocycles. The molecule has 0 aromatic heterocycles. The van der Waals surface area contributed by atoms with Crippen LogP contribution in [0, 0.1) is 0 Å². The molecule has 27 heavy (non-hydrogen) atoms. The predicted molar refractivity (Wildman–Crippen MR) is 100.0 cm³/mol. The van der Waals surface area contributed by atoms with Crippen LogP contribution in [0.1, 0.15) is 52.5 Å². The molecule has 1 aromatic rings. The van der Waals surface area contributed by atoms with Crippen molar-refractivity contribution in [3.63, 3.8) is 0 Å². The van der Waals surface area contributed by atoms with Crippen LogP contribution in [-0.2, 0) is 20.7 Å². The first-order chi connectivity index (χ1) is 12.7. The van der Waals surface area contributed by atoms with Crippen molar-refractivity contribution < 1.29 is 28.9 Å². The summed E-state index contributed by atoms with van der Waals surface area (Å²) in [4.78, 5) is 24.3. The summed E-state index contributed by atoms with van der Waals surface area (Å²) >= 11 is 0. The van der Waals surface area contributed by atoms with Crippen molar-refractivity contribution in [1.29, 1.82) is 0 Å². The third-order valence-electron chi connectivity index (χ3n) is 4.11. The average molecular weight is 379 g/mol. The van der Waals surface area contributed by atoms with Crippen molar-refractivity contribution in [1.82, 2.24) is 5.32 Å². The van der Waals surface area contributed by atoms with Gasteiger partial charge in [-0.3, -0.25) is 14.9 Å². The van der Waals surface area contributed by atoms with E-state index in [-0.39, 0.29) is 13.2 Å². The van der Waals surface area contributed by atoms with Crippen LogP contribution < -0.4 is 14.8 Å². The molecule has 1 aliphatic rings. The van der Waals surface area contributed by atoms with E-state index in [2.05, 4.69) is 5.32 Å². The summed E-state index contributed by atoms with van der Waals surface area (Å²) in [6.45, 7) is 7.57. The lowest BCUT2D eigenvalue weighted by atomic mass is 10.0. The number of esters is 1. The van der Waals surface area contributed by atoms with E-state index in [0.717, 1.165) is 18.4 Å². The molecule has 0 aliphatic carbocycles. The zero-order chi connectivity index (χ0) is 20.0. The molecule has 0 amide bonds. The highest BCUT2D eigenvalue weighted by Crippen LogP contribution is 2.32. The topological polar surface area (TPSA) is 94.1 Å². The molecule has 0 radical (unpaired) electrons. The standard InChI is InChI=1S/C20H29NO6/c1-5-6-7-14(19(24)27-20(2,3)4)21-15(18(22)23)10-13-8-9-16-17(11-13)26-12-25-16/h8-9,11,14-15,21H,5-7,10,12H2,1-4H3,(H,22,23)/t14?,15-/m0/s1. The van der Waals surface area contributed by atoms with Crippen LogP contribution in [0.5, 0.6) is 11.5 Å². The van der Waals surface area contributed by atoms with Gasteiger partial charge in [0.2, 0.25) is 6.79 Å². The van der Waals surface area contributed by atoms with Crippen molar-refractivity contribution in [3.8, 4) is 11.5 Å². The maximum absolute atomic E-state index is 12.5. The maximum atomic E-state index is 12.5. The van der Waals surface area contributed by atoms with Gasteiger partial charge in [0.25, 0.3) is 0 Å². The number of aliphatic carboxylic acids is 1. The van der Waals surface area contributed by atoms with Gasteiger partial charge < -0.3 is 19.3 Å². The second-order valence-electron chi connectivity index (χ2n) is 7.68. The minimum atomic E-state index is -1.02. The van der Waals surface area contributed by atoms with E-state index in [4.69, 9.17) is 14.2 Å². The van der Waals surface area contributed by atoms with Crippen LogP contribution in [0.4, 0.5) is 0 Å². The lowest BCUT2D eigenvalue weighted by Crippen LogP contribution is -2.50. The smallest absolute Gasteiger partial charge is 0.323 e. The van der Waals surface area contributed by atoms with Crippen molar-refractivity contribution >= 4 is 11.9 Å². The van der Waals surface area contributed by atoms with Crippen LogP contribution >= 0.6 is 0 Å². The predicted octanol–water partition coefficient (Wildman–Crippen LogP) is 2.90. The number of carboxylic acids is 1. The van der Waals surface area contributed by atoms with Crippen LogP contribution in [0.15, 0.2) is 18.2 Å². The van der Waals surface area contributed by atoms with E-state index in [1.165, 1.54) is 0 Å². The van der Waals surface area contributed by atoms with Crippen LogP contribution in [0.2, 0.25) is 0 Å². The molecular formula is C20H29NO6. The van der Waals surface area contributed by atoms with E-state index < -0.39 is 29.6 Å². The molecule has 7 nitrogen and oxygen atoms in total. The average Bonchev–Trinajstić information content (AvgIpc) is 3.03. The molecule has 1 heterocycles. The Labute approximate surface area is 160 Å². The Morgan fingerprint density at radius 1 is 1.22 bits per heavy atom. The number of hydrogen-bond acceptors (Lipinski definition) is 6. The second-order valence-corrected chi connectivity index (χ2v) is 7.68. The summed E-state index contributed by atoms with van der Waals surface area (Å²) < 4.78 is 16.1. The monoisotopic (exact) mass is 379 g/mol. The van der Waals surface area contributed by atoms with Crippen LogP contribution in [-0.4, -0.2) is 41.5 Å². The Morgan fingerprint density at radius 2 is 1.93 bits per heavy atom. The minimum absolute atomic E-state index is 0.164. The van der Waals surface area contributed by atoms with E-state index in [1.807, 2.05) is 6.92 Å². The Balaban J connectivity index is 2.10. The largest absolute Gasteiger partial charge is 0.480 e. The van der Waals surface area contributed by atoms with E-state index in [9.17, 15) is 14.7 Å². The van der Waals surface area contributed by atoms with Gasteiger partial charge >= 0.3 is 11.9 Å². The second kappa shape index (κ2) is 9.08. The summed E-state index contributed by atoms with van der Waals surface area (Å²) in [5.74, 6) is -0.190. The van der Waals surface area contributed by atoms with Crippen molar-refractivity contribution in [2.75, 3.05) is 6.79 Å². The fraction of sp³-hybridized carbons (Fsp3) is 0.600. The highest BCUT2D eigenvalue weighted by atomic mass is 16.7. The number of hydrogen-bond donors (Lipinski definition) is 2. The fourth-order valence-corrected chi connectivity index (χ4v) is 2.81. The molecule has 2 atom stereocenters. The summed E-state index contributed by atoms with van der Waals surface area (Å²) in [7, 11) is 0. The fourth-order valence-electron chi connectivity index (χ4n) is 2.81. The third-order valence-corrected chi connectivity index (χ3v) is 4.11. The molecule has 0 spiro atoms. The van der Waals surface area contributed by atoms with Crippen molar-refractivity contribution in [2.24, 2.45) is 0 Å². The van der Waals surface area contributed by atoms with E-state index in [0.29, 0.717) is 17.9 Å². The van der Waals surface area contributed by atoms with Crippen LogP contribution in [0.3, 0.4) is 0 Å². The molecule has 2 rings (SSSR count). The molecule has 2 N–H and O–H groups in total. The van der Waals surface area contributed by atoms with Gasteiger partial charge in [-0.25, -0.2) is 0 Å². The van der Waals surface area contributed by atoms with Gasteiger partial charge in [0, 0.05) is 0 Å². The summed E-state index contributed by atoms with van der Waals surface area (Å²) in [6.07, 6.45) is 2.45. The number of carbonyl (C=O) groups excluding carboxylic acids is 1. The lowest BCUT2D eigenvalue weighted by molar-refractivity contribution is -0.158. The molecule has 7 heteroatoms. The van der Waals surface area contributed by atoms with E-state index in [1.54, 1.807) is 39.0 Å². The maximum Gasteiger partial charge on any atom is 0.323 e. The number of ether oxygens (including phenoxy) is 3. The number of nitrogens with one attached hydrogen (secondary N) is 1. The van der Waals surface area contributed by atoms with Gasteiger partial charge in [-0.15, -0.1) is 0 Å². The Kier molecular flexibility index (Phi) is 7.07. The Hall–Kier alpha value is -2.28. The molecule has 1 unspecified atom stereocenters. The molecule has 0 fully saturated rings. The zero-order valence-electron chi connectivity index (χ0n) is 16.4. The molecule has 1 aliphatic heterocycles. The Morgan fingerprint density at radius 3 is 2.56 bits per heavy atom. The van der Waals surface area contributed by atoms with Crippen molar-refractivity contribution in [2.45, 2.75) is 71.1 Å². The lowest BCUT2D eigenvalue weighted by Gasteiger charge is -2.26. The van der Waals surface area contributed by atoms with Crippen LogP contribution in [0.25, 0.3) is 0 Å². The number of carboxylic acid groups (broad SMARTS) is 1. The first-order valence-electron chi connectivity index (χ1n) is 9.30. The first kappa shape index (κ1) is 21.0. The zero-order valence-corrected chi connectivity index (χ0v) is 16.4. The van der Waals surface area contributed by atoms with Gasteiger partial charge in [0.05, 0.1) is 0 Å². The number of rotatable bonds is 9. The summed E-state index contributed by atoms with van der Waals surface area (Å²) in [5, 5.41) is 12.6. The van der Waals surface area contributed by atoms with Gasteiger partial charge in [-0.1, -0.05) is 25.8 Å². The highest BCUT2D eigenvalue weighted by molar-refractivity contribution is 5.79. The number of benzene rings is 1. The number of fused-ring (bicyclic) bond motifs is 1. The van der Waals surface area contributed by atoms with Gasteiger partial charge in [0.1, 0.15) is 17.7 Å². The summed E-state index contributed by atoms with van der Waals surface area (Å²) in [6, 6.07) is 3.76. The van der Waals surface area contributed by atoms with Gasteiger partial charge in [-0.05, 0) is 51.3 Å². The van der Waals surface area contributed by atoms with Crippen molar-refractivity contribution in [3.05, 3.63) is 23.8 Å². The molecule has 0 saturated carbocycles. The highest BCUT2D eigenvalue weighted by Gasteiger charge is 2.30. The molecule has 0 bridgehead atoms. The number of unbranched alkanes of at least 4 members (excludes halogenated alkanes) is 1. The molecular weight excluding hydrogens is 350 g/mol. The Bertz CT molecular complexity index is 667. The SMILES string of the molecule is CCCCC(N[C@@H](Cc1ccc2c(c1)OCO2)C(=O)O)C(=O)OC(C)(C)C. The third kappa shape index (κ3) is 6.43. The van der Waals surface area contributed by atoms with Gasteiger partial charge in [0.15, 0.2) is 11.5 Å².